The first kappa shape index (κ1) is 15.3. The molecule has 0 bridgehead atoms. The van der Waals surface area contributed by atoms with Crippen LogP contribution in [-0.4, -0.2) is 21.5 Å². The van der Waals surface area contributed by atoms with Crippen molar-refractivity contribution in [2.24, 2.45) is 5.92 Å². The summed E-state index contributed by atoms with van der Waals surface area (Å²) in [7, 11) is 0. The van der Waals surface area contributed by atoms with Crippen molar-refractivity contribution in [3.05, 3.63) is 29.9 Å². The van der Waals surface area contributed by atoms with E-state index in [0.717, 1.165) is 50.2 Å². The quantitative estimate of drug-likeness (QED) is 0.854. The van der Waals surface area contributed by atoms with Gasteiger partial charge in [-0.1, -0.05) is 32.9 Å². The third kappa shape index (κ3) is 3.26. The van der Waals surface area contributed by atoms with Crippen LogP contribution in [-0.2, 0) is 23.2 Å². The summed E-state index contributed by atoms with van der Waals surface area (Å²) in [5.74, 6) is 1.56. The van der Waals surface area contributed by atoms with E-state index < -0.39 is 0 Å². The molecule has 0 aromatic carbocycles. The molecule has 0 saturated heterocycles. The predicted octanol–water partition coefficient (Wildman–Crippen LogP) is 2.97. The van der Waals surface area contributed by atoms with Crippen molar-refractivity contribution in [2.45, 2.75) is 70.9 Å². The van der Waals surface area contributed by atoms with Crippen LogP contribution in [0.4, 0.5) is 0 Å². The van der Waals surface area contributed by atoms with Gasteiger partial charge >= 0.3 is 0 Å². The van der Waals surface area contributed by atoms with Crippen LogP contribution < -0.4 is 5.32 Å². The number of aromatic nitrogens is 2. The zero-order valence-electron chi connectivity index (χ0n) is 13.9. The molecular weight excluding hydrogens is 274 g/mol. The maximum Gasteiger partial charge on any atom is 0.223 e. The van der Waals surface area contributed by atoms with Crippen molar-refractivity contribution in [2.75, 3.05) is 0 Å². The predicted molar refractivity (Wildman–Crippen MR) is 87.7 cm³/mol. The SMILES string of the molecule is CC(C)(C)c1cn2c(n1)CC[C@@H](NC(=O)[C@H]1CC=CCC1)C2. The van der Waals surface area contributed by atoms with Gasteiger partial charge in [-0.05, 0) is 25.7 Å². The van der Waals surface area contributed by atoms with Gasteiger partial charge in [-0.3, -0.25) is 4.79 Å². The number of fused-ring (bicyclic) bond motifs is 1. The molecule has 0 spiro atoms. The summed E-state index contributed by atoms with van der Waals surface area (Å²) in [4.78, 5) is 17.1. The number of amides is 1. The highest BCUT2D eigenvalue weighted by Crippen LogP contribution is 2.25. The van der Waals surface area contributed by atoms with E-state index in [1.807, 2.05) is 0 Å². The van der Waals surface area contributed by atoms with Crippen LogP contribution in [0, 0.1) is 5.92 Å². The normalized spacial score (nSPS) is 24.9. The summed E-state index contributed by atoms with van der Waals surface area (Å²) < 4.78 is 2.23. The van der Waals surface area contributed by atoms with Crippen LogP contribution in [0.15, 0.2) is 18.3 Å². The second-order valence-electron chi connectivity index (χ2n) is 7.67. The molecule has 2 heterocycles. The zero-order chi connectivity index (χ0) is 15.7. The minimum absolute atomic E-state index is 0.0809. The summed E-state index contributed by atoms with van der Waals surface area (Å²) in [6.07, 6.45) is 11.3. The number of nitrogens with zero attached hydrogens (tertiary/aromatic N) is 2. The summed E-state index contributed by atoms with van der Waals surface area (Å²) in [5, 5.41) is 3.26. The molecule has 120 valence electrons. The Labute approximate surface area is 133 Å². The van der Waals surface area contributed by atoms with E-state index in [9.17, 15) is 4.79 Å². The molecule has 2 atom stereocenters. The van der Waals surface area contributed by atoms with Crippen molar-refractivity contribution in [3.8, 4) is 0 Å². The molecule has 4 heteroatoms. The average Bonchev–Trinajstić information content (AvgIpc) is 2.91. The highest BCUT2D eigenvalue weighted by Gasteiger charge is 2.27. The monoisotopic (exact) mass is 301 g/mol. The number of rotatable bonds is 2. The molecular formula is C18H27N3O. The van der Waals surface area contributed by atoms with Gasteiger partial charge < -0.3 is 9.88 Å². The number of aryl methyl sites for hydroxylation is 1. The smallest absolute Gasteiger partial charge is 0.223 e. The van der Waals surface area contributed by atoms with Crippen molar-refractivity contribution >= 4 is 5.91 Å². The van der Waals surface area contributed by atoms with Gasteiger partial charge in [0, 0.05) is 36.5 Å². The molecule has 1 aliphatic heterocycles. The van der Waals surface area contributed by atoms with Crippen LogP contribution in [0.1, 0.15) is 58.0 Å². The molecule has 22 heavy (non-hydrogen) atoms. The number of imidazole rings is 1. The van der Waals surface area contributed by atoms with Crippen molar-refractivity contribution in [1.82, 2.24) is 14.9 Å². The van der Waals surface area contributed by atoms with Crippen LogP contribution in [0.25, 0.3) is 0 Å². The van der Waals surface area contributed by atoms with E-state index in [4.69, 9.17) is 4.98 Å². The van der Waals surface area contributed by atoms with Crippen LogP contribution >= 0.6 is 0 Å². The Kier molecular flexibility index (Phi) is 4.11. The lowest BCUT2D eigenvalue weighted by atomic mass is 9.93. The Morgan fingerprint density at radius 2 is 2.14 bits per heavy atom. The number of carbonyl (C=O) groups is 1. The Bertz CT molecular complexity index is 580. The van der Waals surface area contributed by atoms with Crippen molar-refractivity contribution in [1.29, 1.82) is 0 Å². The minimum Gasteiger partial charge on any atom is -0.351 e. The first-order valence-corrected chi connectivity index (χ1v) is 8.45. The van der Waals surface area contributed by atoms with Crippen LogP contribution in [0.5, 0.6) is 0 Å². The Hall–Kier alpha value is -1.58. The van der Waals surface area contributed by atoms with E-state index in [-0.39, 0.29) is 23.3 Å². The number of hydrogen-bond acceptors (Lipinski definition) is 2. The highest BCUT2D eigenvalue weighted by atomic mass is 16.1. The highest BCUT2D eigenvalue weighted by molar-refractivity contribution is 5.79. The first-order valence-electron chi connectivity index (χ1n) is 8.45. The van der Waals surface area contributed by atoms with Gasteiger partial charge in [0.15, 0.2) is 0 Å². The van der Waals surface area contributed by atoms with E-state index in [0.29, 0.717) is 0 Å². The van der Waals surface area contributed by atoms with Gasteiger partial charge in [-0.15, -0.1) is 0 Å². The summed E-state index contributed by atoms with van der Waals surface area (Å²) in [6.45, 7) is 7.43. The van der Waals surface area contributed by atoms with Crippen molar-refractivity contribution in [3.63, 3.8) is 0 Å². The molecule has 0 radical (unpaired) electrons. The third-order valence-corrected chi connectivity index (χ3v) is 4.75. The van der Waals surface area contributed by atoms with Crippen LogP contribution in [0.3, 0.4) is 0 Å². The molecule has 1 aromatic heterocycles. The van der Waals surface area contributed by atoms with Crippen molar-refractivity contribution < 1.29 is 4.79 Å². The van der Waals surface area contributed by atoms with E-state index in [2.05, 4.69) is 49.0 Å². The topological polar surface area (TPSA) is 46.9 Å². The van der Waals surface area contributed by atoms with Gasteiger partial charge in [0.25, 0.3) is 0 Å². The lowest BCUT2D eigenvalue weighted by molar-refractivity contribution is -0.126. The average molecular weight is 301 g/mol. The van der Waals surface area contributed by atoms with Gasteiger partial charge in [0.1, 0.15) is 5.82 Å². The molecule has 3 rings (SSSR count). The fourth-order valence-electron chi connectivity index (χ4n) is 3.27. The molecule has 4 nitrogen and oxygen atoms in total. The van der Waals surface area contributed by atoms with Gasteiger partial charge in [-0.2, -0.15) is 0 Å². The Morgan fingerprint density at radius 1 is 1.32 bits per heavy atom. The van der Waals surface area contributed by atoms with Crippen LogP contribution in [0.2, 0.25) is 0 Å². The molecule has 1 amide bonds. The second kappa shape index (κ2) is 5.90. The molecule has 0 fully saturated rings. The molecule has 0 unspecified atom stereocenters. The standard InChI is InChI=1S/C18H27N3O/c1-18(2,3)15-12-21-11-14(9-10-16(21)20-15)19-17(22)13-7-5-4-6-8-13/h4-5,12-14H,6-11H2,1-3H3,(H,19,22)/t13-,14+/m0/s1. The lowest BCUT2D eigenvalue weighted by Crippen LogP contribution is -2.43. The zero-order valence-corrected chi connectivity index (χ0v) is 13.9. The Morgan fingerprint density at radius 3 is 2.82 bits per heavy atom. The molecule has 0 saturated carbocycles. The number of allylic oxidation sites excluding steroid dienone is 2. The minimum atomic E-state index is 0.0809. The maximum atomic E-state index is 12.4. The summed E-state index contributed by atoms with van der Waals surface area (Å²) in [5.41, 5.74) is 1.23. The van der Waals surface area contributed by atoms with E-state index >= 15 is 0 Å². The number of nitrogens with one attached hydrogen (secondary N) is 1. The number of carbonyl (C=O) groups excluding carboxylic acids is 1. The molecule has 1 N–H and O–H groups in total. The number of hydrogen-bond donors (Lipinski definition) is 1. The molecule has 2 aliphatic rings. The first-order chi connectivity index (χ1) is 10.4. The fourth-order valence-corrected chi connectivity index (χ4v) is 3.27. The summed E-state index contributed by atoms with van der Waals surface area (Å²) >= 11 is 0. The second-order valence-corrected chi connectivity index (χ2v) is 7.67. The van der Waals surface area contributed by atoms with E-state index in [1.165, 1.54) is 0 Å². The fraction of sp³-hybridized carbons (Fsp3) is 0.667. The van der Waals surface area contributed by atoms with Gasteiger partial charge in [0.2, 0.25) is 5.91 Å². The van der Waals surface area contributed by atoms with Gasteiger partial charge in [-0.25, -0.2) is 4.98 Å². The summed E-state index contributed by atoms with van der Waals surface area (Å²) in [6, 6.07) is 0.243. The molecule has 1 aromatic rings. The van der Waals surface area contributed by atoms with Gasteiger partial charge in [0.05, 0.1) is 5.69 Å². The Balaban J connectivity index is 1.63. The largest absolute Gasteiger partial charge is 0.351 e. The maximum absolute atomic E-state index is 12.4. The molecule has 1 aliphatic carbocycles. The lowest BCUT2D eigenvalue weighted by Gasteiger charge is -2.27. The third-order valence-electron chi connectivity index (χ3n) is 4.75. The van der Waals surface area contributed by atoms with E-state index in [1.54, 1.807) is 0 Å².